The van der Waals surface area contributed by atoms with Gasteiger partial charge in [-0.1, -0.05) is 11.2 Å². The number of hydrogen-bond acceptors (Lipinski definition) is 7. The minimum Gasteiger partial charge on any atom is -0.493 e. The maximum atomic E-state index is 12.1. The monoisotopic (exact) mass is 407 g/mol. The van der Waals surface area contributed by atoms with Crippen LogP contribution in [0.15, 0.2) is 40.9 Å². The van der Waals surface area contributed by atoms with E-state index in [-0.39, 0.29) is 12.5 Å². The Kier molecular flexibility index (Phi) is 5.38. The molecule has 1 aliphatic rings. The van der Waals surface area contributed by atoms with Crippen molar-refractivity contribution in [1.29, 1.82) is 0 Å². The second-order valence-electron chi connectivity index (χ2n) is 6.51. The Balaban J connectivity index is 1.57. The van der Waals surface area contributed by atoms with Crippen LogP contribution in [0.25, 0.3) is 23.5 Å². The van der Waals surface area contributed by atoms with Gasteiger partial charge in [-0.05, 0) is 48.9 Å². The number of nitrogens with zero attached hydrogens (tertiary/aromatic N) is 3. The highest BCUT2D eigenvalue weighted by atomic mass is 16.5. The number of aromatic nitrogens is 2. The molecule has 0 saturated heterocycles. The van der Waals surface area contributed by atoms with E-state index in [1.54, 1.807) is 25.2 Å². The molecule has 1 aromatic heterocycles. The number of ether oxygens (including phenoxy) is 3. The lowest BCUT2D eigenvalue weighted by Crippen LogP contribution is -2.38. The van der Waals surface area contributed by atoms with Crippen molar-refractivity contribution in [3.8, 4) is 28.6 Å². The third-order valence-corrected chi connectivity index (χ3v) is 4.74. The van der Waals surface area contributed by atoms with Gasteiger partial charge < -0.3 is 23.6 Å². The number of anilines is 1. The lowest BCUT2D eigenvalue weighted by atomic mass is 10.1. The zero-order chi connectivity index (χ0) is 21.1. The van der Waals surface area contributed by atoms with Crippen LogP contribution in [-0.4, -0.2) is 43.4 Å². The van der Waals surface area contributed by atoms with E-state index in [0.29, 0.717) is 41.2 Å². The summed E-state index contributed by atoms with van der Waals surface area (Å²) in [5.74, 6) is 2.67. The van der Waals surface area contributed by atoms with Gasteiger partial charge in [-0.15, -0.1) is 0 Å². The molecular weight excluding hydrogens is 386 g/mol. The average molecular weight is 407 g/mol. The molecule has 30 heavy (non-hydrogen) atoms. The maximum Gasteiger partial charge on any atom is 0.265 e. The molecule has 8 heteroatoms. The first-order valence-electron chi connectivity index (χ1n) is 9.44. The zero-order valence-electron chi connectivity index (χ0n) is 16.9. The smallest absolute Gasteiger partial charge is 0.265 e. The third kappa shape index (κ3) is 3.71. The highest BCUT2D eigenvalue weighted by Crippen LogP contribution is 2.35. The van der Waals surface area contributed by atoms with Crippen molar-refractivity contribution in [3.63, 3.8) is 0 Å². The fraction of sp³-hybridized carbons (Fsp3) is 0.227. The average Bonchev–Trinajstić information content (AvgIpc) is 3.26. The summed E-state index contributed by atoms with van der Waals surface area (Å²) < 4.78 is 21.4. The first-order valence-corrected chi connectivity index (χ1v) is 9.44. The topological polar surface area (TPSA) is 86.9 Å². The first kappa shape index (κ1) is 19.5. The van der Waals surface area contributed by atoms with Crippen LogP contribution in [0.2, 0.25) is 0 Å². The van der Waals surface area contributed by atoms with E-state index in [2.05, 4.69) is 10.1 Å². The number of rotatable bonds is 6. The van der Waals surface area contributed by atoms with E-state index < -0.39 is 0 Å². The van der Waals surface area contributed by atoms with Gasteiger partial charge in [0.15, 0.2) is 18.1 Å². The SMILES string of the molecule is CCN1C(=O)COc2ccc(-c3noc(/C=C/c4ccc(OC)c(OC)c4)n3)cc21. The van der Waals surface area contributed by atoms with Crippen molar-refractivity contribution in [1.82, 2.24) is 10.1 Å². The van der Waals surface area contributed by atoms with Gasteiger partial charge in [-0.25, -0.2) is 0 Å². The number of likely N-dealkylation sites (N-methyl/N-ethyl adjacent to an activating group) is 1. The van der Waals surface area contributed by atoms with Crippen molar-refractivity contribution in [2.75, 3.05) is 32.3 Å². The van der Waals surface area contributed by atoms with E-state index in [1.807, 2.05) is 49.4 Å². The summed E-state index contributed by atoms with van der Waals surface area (Å²) in [6.07, 6.45) is 3.57. The number of carbonyl (C=O) groups excluding carboxylic acids is 1. The summed E-state index contributed by atoms with van der Waals surface area (Å²) in [7, 11) is 3.18. The fourth-order valence-electron chi connectivity index (χ4n) is 3.23. The van der Waals surface area contributed by atoms with Crippen molar-refractivity contribution in [2.24, 2.45) is 0 Å². The number of hydrogen-bond donors (Lipinski definition) is 0. The summed E-state index contributed by atoms with van der Waals surface area (Å²) in [6.45, 7) is 2.53. The number of methoxy groups -OCH3 is 2. The molecule has 0 N–H and O–H groups in total. The number of amides is 1. The molecule has 1 amide bonds. The van der Waals surface area contributed by atoms with Crippen LogP contribution < -0.4 is 19.1 Å². The van der Waals surface area contributed by atoms with Gasteiger partial charge in [0.2, 0.25) is 5.82 Å². The Labute approximate surface area is 173 Å². The molecule has 4 rings (SSSR count). The van der Waals surface area contributed by atoms with Crippen LogP contribution >= 0.6 is 0 Å². The lowest BCUT2D eigenvalue weighted by Gasteiger charge is -2.28. The highest BCUT2D eigenvalue weighted by Gasteiger charge is 2.25. The summed E-state index contributed by atoms with van der Waals surface area (Å²) >= 11 is 0. The molecule has 1 aliphatic heterocycles. The first-order chi connectivity index (χ1) is 14.6. The normalized spacial score (nSPS) is 13.3. The molecular formula is C22H21N3O5. The van der Waals surface area contributed by atoms with E-state index in [0.717, 1.165) is 11.1 Å². The van der Waals surface area contributed by atoms with Gasteiger partial charge in [0, 0.05) is 18.2 Å². The molecule has 8 nitrogen and oxygen atoms in total. The molecule has 0 unspecified atom stereocenters. The third-order valence-electron chi connectivity index (χ3n) is 4.74. The van der Waals surface area contributed by atoms with Crippen molar-refractivity contribution in [3.05, 3.63) is 47.9 Å². The Morgan fingerprint density at radius 2 is 1.93 bits per heavy atom. The molecule has 0 atom stereocenters. The molecule has 0 bridgehead atoms. The predicted molar refractivity (Wildman–Crippen MR) is 112 cm³/mol. The van der Waals surface area contributed by atoms with Gasteiger partial charge in [-0.3, -0.25) is 4.79 Å². The lowest BCUT2D eigenvalue weighted by molar-refractivity contribution is -0.121. The van der Waals surface area contributed by atoms with Crippen LogP contribution in [0.1, 0.15) is 18.4 Å². The summed E-state index contributed by atoms with van der Waals surface area (Å²) in [5, 5.41) is 4.05. The Hall–Kier alpha value is -3.81. The van der Waals surface area contributed by atoms with Crippen LogP contribution in [0.4, 0.5) is 5.69 Å². The molecule has 2 aromatic carbocycles. The number of benzene rings is 2. The van der Waals surface area contributed by atoms with E-state index in [1.165, 1.54) is 0 Å². The Morgan fingerprint density at radius 1 is 1.10 bits per heavy atom. The summed E-state index contributed by atoms with van der Waals surface area (Å²) in [6, 6.07) is 11.1. The van der Waals surface area contributed by atoms with Crippen molar-refractivity contribution in [2.45, 2.75) is 6.92 Å². The minimum atomic E-state index is -0.0752. The Morgan fingerprint density at radius 3 is 2.70 bits per heavy atom. The zero-order valence-corrected chi connectivity index (χ0v) is 16.9. The largest absolute Gasteiger partial charge is 0.493 e. The minimum absolute atomic E-state index is 0.0491. The van der Waals surface area contributed by atoms with Crippen molar-refractivity contribution < 1.29 is 23.5 Å². The number of carbonyl (C=O) groups is 1. The van der Waals surface area contributed by atoms with Gasteiger partial charge in [0.25, 0.3) is 11.8 Å². The molecule has 154 valence electrons. The second kappa shape index (κ2) is 8.28. The van der Waals surface area contributed by atoms with Gasteiger partial charge in [-0.2, -0.15) is 4.98 Å². The summed E-state index contributed by atoms with van der Waals surface area (Å²) in [4.78, 5) is 18.2. The van der Waals surface area contributed by atoms with Gasteiger partial charge >= 0.3 is 0 Å². The van der Waals surface area contributed by atoms with Gasteiger partial charge in [0.05, 0.1) is 19.9 Å². The molecule has 0 saturated carbocycles. The molecule has 0 aliphatic carbocycles. The quantitative estimate of drug-likeness (QED) is 0.616. The second-order valence-corrected chi connectivity index (χ2v) is 6.51. The van der Waals surface area contributed by atoms with Crippen LogP contribution in [0, 0.1) is 0 Å². The van der Waals surface area contributed by atoms with Gasteiger partial charge in [0.1, 0.15) is 5.75 Å². The fourth-order valence-corrected chi connectivity index (χ4v) is 3.23. The van der Waals surface area contributed by atoms with Crippen molar-refractivity contribution >= 4 is 23.7 Å². The standard InChI is InChI=1S/C22H21N3O5/c1-4-25-16-12-15(7-9-17(16)29-13-21(25)26)22-23-20(30-24-22)10-6-14-5-8-18(27-2)19(11-14)28-3/h5-12H,4,13H2,1-3H3/b10-6+. The van der Waals surface area contributed by atoms with E-state index in [4.69, 9.17) is 18.7 Å². The highest BCUT2D eigenvalue weighted by molar-refractivity contribution is 5.98. The summed E-state index contributed by atoms with van der Waals surface area (Å²) in [5.41, 5.74) is 2.34. The Bertz CT molecular complexity index is 1110. The van der Waals surface area contributed by atoms with E-state index in [9.17, 15) is 4.79 Å². The molecule has 0 radical (unpaired) electrons. The molecule has 0 fully saturated rings. The van der Waals surface area contributed by atoms with Crippen LogP contribution in [0.3, 0.4) is 0 Å². The van der Waals surface area contributed by atoms with E-state index >= 15 is 0 Å². The molecule has 2 heterocycles. The van der Waals surface area contributed by atoms with Crippen LogP contribution in [-0.2, 0) is 4.79 Å². The number of fused-ring (bicyclic) bond motifs is 1. The maximum absolute atomic E-state index is 12.1. The van der Waals surface area contributed by atoms with Crippen LogP contribution in [0.5, 0.6) is 17.2 Å². The molecule has 0 spiro atoms. The molecule has 3 aromatic rings. The predicted octanol–water partition coefficient (Wildman–Crippen LogP) is 3.67.